The minimum atomic E-state index is -0.0407. The molecule has 2 aromatic rings. The second-order valence-corrected chi connectivity index (χ2v) is 5.26. The van der Waals surface area contributed by atoms with E-state index >= 15 is 0 Å². The van der Waals surface area contributed by atoms with Crippen LogP contribution in [0.2, 0.25) is 0 Å². The molecular formula is C14H17N3OS. The first-order chi connectivity index (χ1) is 9.15. The predicted octanol–water partition coefficient (Wildman–Crippen LogP) is 2.89. The van der Waals surface area contributed by atoms with Gasteiger partial charge in [0.2, 0.25) is 0 Å². The molecule has 0 aliphatic carbocycles. The summed E-state index contributed by atoms with van der Waals surface area (Å²) in [5.74, 6) is -0.0407. The van der Waals surface area contributed by atoms with Crippen molar-refractivity contribution in [2.24, 2.45) is 0 Å². The van der Waals surface area contributed by atoms with E-state index in [-0.39, 0.29) is 11.9 Å². The van der Waals surface area contributed by atoms with Crippen LogP contribution < -0.4 is 10.6 Å². The molecule has 4 nitrogen and oxygen atoms in total. The molecule has 1 aromatic heterocycles. The normalized spacial score (nSPS) is 10.5. The van der Waals surface area contributed by atoms with Crippen LogP contribution in [0, 0.1) is 0 Å². The molecule has 1 amide bonds. The lowest BCUT2D eigenvalue weighted by Gasteiger charge is -2.09. The van der Waals surface area contributed by atoms with E-state index in [1.54, 1.807) is 11.3 Å². The molecule has 19 heavy (non-hydrogen) atoms. The summed E-state index contributed by atoms with van der Waals surface area (Å²) in [6.45, 7) is 4.59. The van der Waals surface area contributed by atoms with Crippen LogP contribution in [0.5, 0.6) is 0 Å². The highest BCUT2D eigenvalue weighted by Gasteiger charge is 2.06. The lowest BCUT2D eigenvalue weighted by atomic mass is 10.2. The van der Waals surface area contributed by atoms with E-state index < -0.39 is 0 Å². The Hall–Kier alpha value is -1.88. The molecule has 0 saturated heterocycles. The smallest absolute Gasteiger partial charge is 0.251 e. The number of carbonyl (C=O) groups is 1. The van der Waals surface area contributed by atoms with Crippen molar-refractivity contribution in [2.75, 3.05) is 5.32 Å². The maximum absolute atomic E-state index is 11.8. The van der Waals surface area contributed by atoms with Gasteiger partial charge in [0.15, 0.2) is 0 Å². The summed E-state index contributed by atoms with van der Waals surface area (Å²) in [6, 6.07) is 7.60. The highest BCUT2D eigenvalue weighted by Crippen LogP contribution is 2.11. The zero-order chi connectivity index (χ0) is 13.7. The third-order valence-corrected chi connectivity index (χ3v) is 3.16. The molecule has 0 aliphatic rings. The second kappa shape index (κ2) is 6.33. The van der Waals surface area contributed by atoms with Crippen LogP contribution in [-0.2, 0) is 6.54 Å². The third-order valence-electron chi connectivity index (χ3n) is 2.52. The molecule has 0 fully saturated rings. The first kappa shape index (κ1) is 13.5. The number of rotatable bonds is 5. The maximum Gasteiger partial charge on any atom is 0.251 e. The van der Waals surface area contributed by atoms with E-state index in [0.29, 0.717) is 12.1 Å². The second-order valence-electron chi connectivity index (χ2n) is 4.54. The first-order valence-corrected chi connectivity index (χ1v) is 7.11. The number of hydrogen-bond donors (Lipinski definition) is 2. The van der Waals surface area contributed by atoms with Gasteiger partial charge < -0.3 is 10.6 Å². The fourth-order valence-electron chi connectivity index (χ4n) is 1.60. The quantitative estimate of drug-likeness (QED) is 0.882. The third kappa shape index (κ3) is 4.06. The van der Waals surface area contributed by atoms with Gasteiger partial charge in [-0.2, -0.15) is 0 Å². The maximum atomic E-state index is 11.8. The Balaban J connectivity index is 1.92. The molecule has 100 valence electrons. The lowest BCUT2D eigenvalue weighted by Crippen LogP contribution is -2.29. The number of hydrogen-bond acceptors (Lipinski definition) is 4. The highest BCUT2D eigenvalue weighted by atomic mass is 32.1. The lowest BCUT2D eigenvalue weighted by molar-refractivity contribution is 0.0943. The topological polar surface area (TPSA) is 54.0 Å². The van der Waals surface area contributed by atoms with Gasteiger partial charge in [-0.05, 0) is 38.1 Å². The van der Waals surface area contributed by atoms with Crippen LogP contribution >= 0.6 is 11.3 Å². The van der Waals surface area contributed by atoms with Crippen LogP contribution in [0.15, 0.2) is 35.2 Å². The Morgan fingerprint density at radius 1 is 1.32 bits per heavy atom. The van der Waals surface area contributed by atoms with Crippen molar-refractivity contribution in [3.63, 3.8) is 0 Å². The van der Waals surface area contributed by atoms with Crippen LogP contribution in [-0.4, -0.2) is 16.9 Å². The molecule has 2 rings (SSSR count). The molecule has 0 atom stereocenters. The summed E-state index contributed by atoms with van der Waals surface area (Å²) < 4.78 is 0. The Bertz CT molecular complexity index is 520. The minimum absolute atomic E-state index is 0.0407. The fraction of sp³-hybridized carbons (Fsp3) is 0.286. The predicted molar refractivity (Wildman–Crippen MR) is 78.5 cm³/mol. The number of benzene rings is 1. The van der Waals surface area contributed by atoms with E-state index in [1.807, 2.05) is 49.0 Å². The number of nitrogens with zero attached hydrogens (tertiary/aromatic N) is 1. The average molecular weight is 275 g/mol. The molecule has 0 saturated carbocycles. The molecular weight excluding hydrogens is 258 g/mol. The van der Waals surface area contributed by atoms with E-state index in [4.69, 9.17) is 0 Å². The molecule has 0 spiro atoms. The van der Waals surface area contributed by atoms with Crippen molar-refractivity contribution >= 4 is 22.9 Å². The van der Waals surface area contributed by atoms with Gasteiger partial charge in [-0.3, -0.25) is 4.79 Å². The number of nitrogens with one attached hydrogen (secondary N) is 2. The van der Waals surface area contributed by atoms with E-state index in [0.717, 1.165) is 11.4 Å². The summed E-state index contributed by atoms with van der Waals surface area (Å²) in [7, 11) is 0. The van der Waals surface area contributed by atoms with Gasteiger partial charge in [0.25, 0.3) is 5.91 Å². The molecule has 0 aliphatic heterocycles. The first-order valence-electron chi connectivity index (χ1n) is 6.17. The summed E-state index contributed by atoms with van der Waals surface area (Å²) >= 11 is 1.58. The fourth-order valence-corrected chi connectivity index (χ4v) is 2.16. The molecule has 2 N–H and O–H groups in total. The summed E-state index contributed by atoms with van der Waals surface area (Å²) in [5.41, 5.74) is 4.49. The van der Waals surface area contributed by atoms with E-state index in [2.05, 4.69) is 15.6 Å². The molecule has 0 unspecified atom stereocenters. The van der Waals surface area contributed by atoms with Crippen LogP contribution in [0.4, 0.5) is 5.69 Å². The summed E-state index contributed by atoms with van der Waals surface area (Å²) in [5, 5.41) is 8.14. The van der Waals surface area contributed by atoms with Crippen LogP contribution in [0.25, 0.3) is 0 Å². The van der Waals surface area contributed by atoms with Crippen LogP contribution in [0.1, 0.15) is 29.9 Å². The van der Waals surface area contributed by atoms with Gasteiger partial charge in [-0.1, -0.05) is 0 Å². The molecule has 1 aromatic carbocycles. The molecule has 1 heterocycles. The van der Waals surface area contributed by atoms with Gasteiger partial charge in [0, 0.05) is 22.7 Å². The van der Waals surface area contributed by atoms with Gasteiger partial charge in [-0.15, -0.1) is 11.3 Å². The van der Waals surface area contributed by atoms with E-state index in [9.17, 15) is 4.79 Å². The van der Waals surface area contributed by atoms with Gasteiger partial charge in [0.1, 0.15) is 0 Å². The number of carbonyl (C=O) groups excluding carboxylic acids is 1. The number of aromatic nitrogens is 1. The number of thiazole rings is 1. The van der Waals surface area contributed by atoms with Gasteiger partial charge >= 0.3 is 0 Å². The van der Waals surface area contributed by atoms with Crippen molar-refractivity contribution in [1.82, 2.24) is 10.3 Å². The van der Waals surface area contributed by atoms with Crippen LogP contribution in [0.3, 0.4) is 0 Å². The monoisotopic (exact) mass is 275 g/mol. The average Bonchev–Trinajstić information content (AvgIpc) is 2.89. The Labute approximate surface area is 116 Å². The molecule has 0 radical (unpaired) electrons. The van der Waals surface area contributed by atoms with Gasteiger partial charge in [0.05, 0.1) is 17.7 Å². The highest BCUT2D eigenvalue weighted by molar-refractivity contribution is 7.07. The zero-order valence-corrected chi connectivity index (χ0v) is 11.8. The van der Waals surface area contributed by atoms with Crippen molar-refractivity contribution in [3.8, 4) is 0 Å². The van der Waals surface area contributed by atoms with E-state index in [1.165, 1.54) is 0 Å². The SMILES string of the molecule is CC(C)NC(=O)c1ccc(NCc2cscn2)cc1. The summed E-state index contributed by atoms with van der Waals surface area (Å²) in [4.78, 5) is 16.0. The number of anilines is 1. The van der Waals surface area contributed by atoms with Gasteiger partial charge in [-0.25, -0.2) is 4.98 Å². The molecule has 5 heteroatoms. The Morgan fingerprint density at radius 2 is 2.05 bits per heavy atom. The Kier molecular flexibility index (Phi) is 4.52. The molecule has 0 bridgehead atoms. The summed E-state index contributed by atoms with van der Waals surface area (Å²) in [6.07, 6.45) is 0. The number of amides is 1. The van der Waals surface area contributed by atoms with Crippen molar-refractivity contribution in [2.45, 2.75) is 26.4 Å². The zero-order valence-electron chi connectivity index (χ0n) is 11.0. The van der Waals surface area contributed by atoms with Crippen molar-refractivity contribution in [1.29, 1.82) is 0 Å². The largest absolute Gasteiger partial charge is 0.379 e. The van der Waals surface area contributed by atoms with Crippen molar-refractivity contribution in [3.05, 3.63) is 46.4 Å². The standard InChI is InChI=1S/C14H17N3OS/c1-10(2)17-14(18)11-3-5-12(6-4-11)15-7-13-8-19-9-16-13/h3-6,8-10,15H,7H2,1-2H3,(H,17,18). The Morgan fingerprint density at radius 3 is 2.63 bits per heavy atom. The van der Waals surface area contributed by atoms with Crippen molar-refractivity contribution < 1.29 is 4.79 Å². The minimum Gasteiger partial charge on any atom is -0.379 e.